The number of hydrogen-bond donors (Lipinski definition) is 1. The van der Waals surface area contributed by atoms with Crippen LogP contribution in [0.4, 0.5) is 0 Å². The van der Waals surface area contributed by atoms with Crippen molar-refractivity contribution in [3.05, 3.63) is 24.8 Å². The summed E-state index contributed by atoms with van der Waals surface area (Å²) in [4.78, 5) is 7.52. The van der Waals surface area contributed by atoms with Gasteiger partial charge in [0.1, 0.15) is 11.7 Å². The van der Waals surface area contributed by atoms with Crippen molar-refractivity contribution < 1.29 is 4.57 Å². The molecule has 2 heterocycles. The molecule has 0 radical (unpaired) electrons. The predicted molar refractivity (Wildman–Crippen MR) is 55.7 cm³/mol. The van der Waals surface area contributed by atoms with Gasteiger partial charge in [0.25, 0.3) is 6.33 Å². The van der Waals surface area contributed by atoms with Crippen molar-refractivity contribution >= 4 is 11.0 Å². The molecular weight excluding hydrogens is 174 g/mol. The van der Waals surface area contributed by atoms with Gasteiger partial charge in [0.2, 0.25) is 5.52 Å². The third-order valence-corrected chi connectivity index (χ3v) is 2.05. The standard InChI is InChI=1S/C11H15N3/c1-11(2,3)7-14-6-10-9(13-8-14)4-5-12-10/h4-6,8H,7H2,1-3H3/p+1. The first-order valence-electron chi connectivity index (χ1n) is 4.87. The summed E-state index contributed by atoms with van der Waals surface area (Å²) in [5.74, 6) is 0. The van der Waals surface area contributed by atoms with Crippen LogP contribution in [0.2, 0.25) is 0 Å². The molecule has 0 unspecified atom stereocenters. The Bertz CT molecular complexity index is 437. The van der Waals surface area contributed by atoms with Gasteiger partial charge in [-0.25, -0.2) is 4.57 Å². The molecule has 0 aliphatic heterocycles. The molecule has 0 aliphatic rings. The van der Waals surface area contributed by atoms with Crippen molar-refractivity contribution in [2.75, 3.05) is 0 Å². The van der Waals surface area contributed by atoms with Gasteiger partial charge in [0.15, 0.2) is 0 Å². The lowest BCUT2D eigenvalue weighted by Crippen LogP contribution is -2.39. The second-order valence-corrected chi connectivity index (χ2v) is 4.88. The fourth-order valence-electron chi connectivity index (χ4n) is 1.56. The molecule has 2 aromatic heterocycles. The van der Waals surface area contributed by atoms with Gasteiger partial charge >= 0.3 is 0 Å². The van der Waals surface area contributed by atoms with Gasteiger partial charge in [-0.3, -0.25) is 0 Å². The Morgan fingerprint density at radius 1 is 1.43 bits per heavy atom. The van der Waals surface area contributed by atoms with Crippen molar-refractivity contribution in [3.8, 4) is 0 Å². The van der Waals surface area contributed by atoms with Crippen LogP contribution in [-0.4, -0.2) is 9.97 Å². The lowest BCUT2D eigenvalue weighted by Gasteiger charge is -2.15. The topological polar surface area (TPSA) is 32.6 Å². The SMILES string of the molecule is CC(C)(C)C[n+]1cnc2cc[nH]c2c1. The Labute approximate surface area is 83.8 Å². The average Bonchev–Trinajstić information content (AvgIpc) is 2.47. The summed E-state index contributed by atoms with van der Waals surface area (Å²) in [6.45, 7) is 7.64. The number of hydrogen-bond acceptors (Lipinski definition) is 1. The van der Waals surface area contributed by atoms with Crippen LogP contribution in [-0.2, 0) is 6.54 Å². The van der Waals surface area contributed by atoms with E-state index >= 15 is 0 Å². The molecule has 0 saturated carbocycles. The van der Waals surface area contributed by atoms with Crippen molar-refractivity contribution in [2.24, 2.45) is 5.41 Å². The van der Waals surface area contributed by atoms with Gasteiger partial charge in [-0.2, -0.15) is 0 Å². The van der Waals surface area contributed by atoms with E-state index in [0.717, 1.165) is 17.6 Å². The summed E-state index contributed by atoms with van der Waals surface area (Å²) in [6.07, 6.45) is 5.91. The summed E-state index contributed by atoms with van der Waals surface area (Å²) in [5, 5.41) is 0. The number of rotatable bonds is 1. The minimum atomic E-state index is 0.284. The molecular formula is C11H16N3+. The first-order valence-corrected chi connectivity index (χ1v) is 4.87. The molecule has 0 bridgehead atoms. The Morgan fingerprint density at radius 3 is 2.93 bits per heavy atom. The minimum Gasteiger partial charge on any atom is -0.355 e. The largest absolute Gasteiger partial charge is 0.355 e. The Hall–Kier alpha value is -1.38. The van der Waals surface area contributed by atoms with E-state index in [1.54, 1.807) is 0 Å². The Morgan fingerprint density at radius 2 is 2.21 bits per heavy atom. The lowest BCUT2D eigenvalue weighted by molar-refractivity contribution is -0.709. The Balaban J connectivity index is 2.35. The summed E-state index contributed by atoms with van der Waals surface area (Å²) >= 11 is 0. The van der Waals surface area contributed by atoms with E-state index in [1.807, 2.05) is 18.6 Å². The first kappa shape index (κ1) is 9.19. The van der Waals surface area contributed by atoms with Gasteiger partial charge in [-0.15, -0.1) is 0 Å². The summed E-state index contributed by atoms with van der Waals surface area (Å²) < 4.78 is 2.12. The number of aromatic amines is 1. The van der Waals surface area contributed by atoms with Gasteiger partial charge < -0.3 is 4.98 Å². The highest BCUT2D eigenvalue weighted by Crippen LogP contribution is 2.12. The molecule has 0 aliphatic carbocycles. The molecule has 0 aromatic carbocycles. The van der Waals surface area contributed by atoms with E-state index in [9.17, 15) is 0 Å². The molecule has 3 heteroatoms. The zero-order valence-electron chi connectivity index (χ0n) is 8.91. The molecule has 3 nitrogen and oxygen atoms in total. The van der Waals surface area contributed by atoms with Crippen molar-refractivity contribution in [1.82, 2.24) is 9.97 Å². The van der Waals surface area contributed by atoms with Gasteiger partial charge in [0, 0.05) is 12.3 Å². The average molecular weight is 190 g/mol. The first-order chi connectivity index (χ1) is 6.54. The second-order valence-electron chi connectivity index (χ2n) is 4.88. The van der Waals surface area contributed by atoms with Crippen LogP contribution in [0.5, 0.6) is 0 Å². The fraction of sp³-hybridized carbons (Fsp3) is 0.455. The van der Waals surface area contributed by atoms with Crippen LogP contribution >= 0.6 is 0 Å². The van der Waals surface area contributed by atoms with E-state index in [4.69, 9.17) is 0 Å². The van der Waals surface area contributed by atoms with Gasteiger partial charge in [-0.05, 0) is 10.4 Å². The number of H-pyrrole nitrogens is 1. The molecule has 0 fully saturated rings. The van der Waals surface area contributed by atoms with Crippen LogP contribution in [0.25, 0.3) is 11.0 Å². The zero-order valence-corrected chi connectivity index (χ0v) is 8.91. The quantitative estimate of drug-likeness (QED) is 0.684. The maximum atomic E-state index is 4.36. The number of nitrogens with one attached hydrogen (secondary N) is 1. The molecule has 14 heavy (non-hydrogen) atoms. The van der Waals surface area contributed by atoms with Gasteiger partial charge in [0.05, 0.1) is 6.54 Å². The minimum absolute atomic E-state index is 0.284. The molecule has 2 rings (SSSR count). The van der Waals surface area contributed by atoms with Crippen LogP contribution < -0.4 is 4.57 Å². The normalized spacial score (nSPS) is 12.2. The smallest absolute Gasteiger partial charge is 0.287 e. The fourth-order valence-corrected chi connectivity index (χ4v) is 1.56. The number of fused-ring (bicyclic) bond motifs is 1. The van der Waals surface area contributed by atoms with Gasteiger partial charge in [-0.1, -0.05) is 20.8 Å². The molecule has 2 aromatic rings. The Kier molecular flexibility index (Phi) is 2.02. The van der Waals surface area contributed by atoms with Crippen LogP contribution in [0.1, 0.15) is 20.8 Å². The third kappa shape index (κ3) is 1.92. The predicted octanol–water partition coefficient (Wildman–Crippen LogP) is 1.90. The third-order valence-electron chi connectivity index (χ3n) is 2.05. The lowest BCUT2D eigenvalue weighted by atomic mass is 9.97. The molecule has 1 N–H and O–H groups in total. The van der Waals surface area contributed by atoms with Crippen LogP contribution in [0, 0.1) is 5.41 Å². The maximum absolute atomic E-state index is 4.36. The molecule has 74 valence electrons. The molecule has 0 spiro atoms. The summed E-state index contributed by atoms with van der Waals surface area (Å²) in [6, 6.07) is 1.98. The van der Waals surface area contributed by atoms with E-state index in [1.165, 1.54) is 0 Å². The highest BCUT2D eigenvalue weighted by atomic mass is 15.0. The highest BCUT2D eigenvalue weighted by molar-refractivity contribution is 5.72. The maximum Gasteiger partial charge on any atom is 0.287 e. The van der Waals surface area contributed by atoms with E-state index in [0.29, 0.717) is 0 Å². The molecule has 0 amide bonds. The van der Waals surface area contributed by atoms with Crippen molar-refractivity contribution in [2.45, 2.75) is 27.3 Å². The molecule has 0 saturated heterocycles. The molecule has 0 atom stereocenters. The number of aromatic nitrogens is 3. The highest BCUT2D eigenvalue weighted by Gasteiger charge is 2.15. The van der Waals surface area contributed by atoms with Crippen molar-refractivity contribution in [3.63, 3.8) is 0 Å². The van der Waals surface area contributed by atoms with E-state index < -0.39 is 0 Å². The second kappa shape index (κ2) is 3.08. The van der Waals surface area contributed by atoms with Crippen LogP contribution in [0.3, 0.4) is 0 Å². The zero-order chi connectivity index (χ0) is 10.2. The van der Waals surface area contributed by atoms with Crippen LogP contribution in [0.15, 0.2) is 24.8 Å². The summed E-state index contributed by atoms with van der Waals surface area (Å²) in [7, 11) is 0. The number of nitrogens with zero attached hydrogens (tertiary/aromatic N) is 2. The van der Waals surface area contributed by atoms with E-state index in [-0.39, 0.29) is 5.41 Å². The summed E-state index contributed by atoms with van der Waals surface area (Å²) in [5.41, 5.74) is 2.40. The van der Waals surface area contributed by atoms with E-state index in [2.05, 4.69) is 41.5 Å². The van der Waals surface area contributed by atoms with Crippen molar-refractivity contribution in [1.29, 1.82) is 0 Å². The monoisotopic (exact) mass is 190 g/mol.